The van der Waals surface area contributed by atoms with Crippen molar-refractivity contribution in [3.63, 3.8) is 0 Å². The van der Waals surface area contributed by atoms with Gasteiger partial charge in [-0.2, -0.15) is 0 Å². The van der Waals surface area contributed by atoms with Gasteiger partial charge in [-0.1, -0.05) is 34.1 Å². The molecule has 0 radical (unpaired) electrons. The van der Waals surface area contributed by atoms with Crippen LogP contribution in [0.3, 0.4) is 0 Å². The fraction of sp³-hybridized carbons (Fsp3) is 0.929. The van der Waals surface area contributed by atoms with E-state index in [0.29, 0.717) is 18.8 Å². The second-order valence-electron chi connectivity index (χ2n) is 5.82. The van der Waals surface area contributed by atoms with Crippen molar-refractivity contribution in [3.8, 4) is 0 Å². The van der Waals surface area contributed by atoms with Crippen LogP contribution in [-0.4, -0.2) is 22.2 Å². The van der Waals surface area contributed by atoms with Crippen molar-refractivity contribution in [1.29, 1.82) is 0 Å². The van der Waals surface area contributed by atoms with Crippen LogP contribution in [0.1, 0.15) is 67.2 Å². The monoisotopic (exact) mass is 243 g/mol. The van der Waals surface area contributed by atoms with Gasteiger partial charge in [0.15, 0.2) is 0 Å². The van der Waals surface area contributed by atoms with Gasteiger partial charge in [-0.15, -0.1) is 0 Å². The van der Waals surface area contributed by atoms with E-state index in [-0.39, 0.29) is 5.54 Å². The first-order valence-corrected chi connectivity index (χ1v) is 6.75. The van der Waals surface area contributed by atoms with Crippen LogP contribution in [0.2, 0.25) is 0 Å². The Morgan fingerprint density at radius 2 is 1.76 bits per heavy atom. The molecule has 0 saturated heterocycles. The molecule has 0 bridgehead atoms. The Labute approximate surface area is 106 Å². The van der Waals surface area contributed by atoms with Gasteiger partial charge in [-0.25, -0.2) is 0 Å². The van der Waals surface area contributed by atoms with Gasteiger partial charge in [0.2, 0.25) is 0 Å². The molecule has 0 heterocycles. The van der Waals surface area contributed by atoms with Crippen LogP contribution in [0.25, 0.3) is 0 Å². The minimum absolute atomic E-state index is 0.137. The van der Waals surface area contributed by atoms with Crippen LogP contribution in [0.5, 0.6) is 0 Å². The molecule has 0 aromatic carbocycles. The molecule has 2 atom stereocenters. The molecule has 0 saturated carbocycles. The zero-order valence-electron chi connectivity index (χ0n) is 12.3. The van der Waals surface area contributed by atoms with Crippen LogP contribution in [0.15, 0.2) is 0 Å². The summed E-state index contributed by atoms with van der Waals surface area (Å²) in [6.45, 7) is 12.4. The molecule has 0 aliphatic rings. The summed E-state index contributed by atoms with van der Waals surface area (Å²) in [7, 11) is 0. The number of aliphatic carboxylic acids is 1. The van der Waals surface area contributed by atoms with Gasteiger partial charge in [0.05, 0.1) is 0 Å². The van der Waals surface area contributed by atoms with E-state index in [1.165, 1.54) is 0 Å². The van der Waals surface area contributed by atoms with Crippen molar-refractivity contribution in [2.24, 2.45) is 5.92 Å². The summed E-state index contributed by atoms with van der Waals surface area (Å²) in [5.41, 5.74) is -0.920. The number of hydrogen-bond acceptors (Lipinski definition) is 2. The number of carboxylic acid groups (broad SMARTS) is 1. The predicted molar refractivity (Wildman–Crippen MR) is 72.2 cm³/mol. The fourth-order valence-electron chi connectivity index (χ4n) is 2.05. The van der Waals surface area contributed by atoms with E-state index in [0.717, 1.165) is 12.8 Å². The highest BCUT2D eigenvalue weighted by Crippen LogP contribution is 2.27. The highest BCUT2D eigenvalue weighted by atomic mass is 16.4. The average molecular weight is 243 g/mol. The quantitative estimate of drug-likeness (QED) is 0.686. The molecule has 3 nitrogen and oxygen atoms in total. The van der Waals surface area contributed by atoms with E-state index in [9.17, 15) is 9.90 Å². The molecule has 102 valence electrons. The Hall–Kier alpha value is -0.570. The van der Waals surface area contributed by atoms with E-state index >= 15 is 0 Å². The van der Waals surface area contributed by atoms with Gasteiger partial charge in [0, 0.05) is 5.54 Å². The van der Waals surface area contributed by atoms with Crippen LogP contribution in [0, 0.1) is 5.92 Å². The zero-order valence-corrected chi connectivity index (χ0v) is 12.3. The van der Waals surface area contributed by atoms with Crippen molar-refractivity contribution < 1.29 is 9.90 Å². The van der Waals surface area contributed by atoms with E-state index in [2.05, 4.69) is 39.9 Å². The molecule has 0 spiro atoms. The number of carboxylic acids is 1. The molecule has 0 aromatic rings. The SMILES string of the molecule is CCC(C)CC(CC)(NC(C)(C)CC)C(=O)O. The lowest BCUT2D eigenvalue weighted by Crippen LogP contribution is -2.60. The van der Waals surface area contributed by atoms with Crippen molar-refractivity contribution in [3.05, 3.63) is 0 Å². The van der Waals surface area contributed by atoms with Gasteiger partial charge in [-0.05, 0) is 39.0 Å². The van der Waals surface area contributed by atoms with Gasteiger partial charge >= 0.3 is 5.97 Å². The summed E-state index contributed by atoms with van der Waals surface area (Å²) in [5, 5.41) is 12.9. The molecular formula is C14H29NO2. The van der Waals surface area contributed by atoms with Gasteiger partial charge < -0.3 is 5.11 Å². The standard InChI is InChI=1S/C14H29NO2/c1-7-11(4)10-14(9-3,12(16)17)15-13(5,6)8-2/h11,15H,7-10H2,1-6H3,(H,16,17). The fourth-order valence-corrected chi connectivity index (χ4v) is 2.05. The van der Waals surface area contributed by atoms with Crippen LogP contribution >= 0.6 is 0 Å². The lowest BCUT2D eigenvalue weighted by atomic mass is 9.82. The Morgan fingerprint density at radius 3 is 2.06 bits per heavy atom. The van der Waals surface area contributed by atoms with Crippen molar-refractivity contribution >= 4 is 5.97 Å². The summed E-state index contributed by atoms with van der Waals surface area (Å²) in [4.78, 5) is 11.6. The lowest BCUT2D eigenvalue weighted by Gasteiger charge is -2.39. The van der Waals surface area contributed by atoms with Crippen LogP contribution < -0.4 is 5.32 Å². The van der Waals surface area contributed by atoms with Gasteiger partial charge in [0.25, 0.3) is 0 Å². The number of nitrogens with one attached hydrogen (secondary N) is 1. The summed E-state index contributed by atoms with van der Waals surface area (Å²) in [5.74, 6) is -0.298. The van der Waals surface area contributed by atoms with Crippen LogP contribution in [0.4, 0.5) is 0 Å². The third-order valence-electron chi connectivity index (χ3n) is 3.87. The van der Waals surface area contributed by atoms with E-state index in [4.69, 9.17) is 0 Å². The summed E-state index contributed by atoms with van der Waals surface area (Å²) < 4.78 is 0. The van der Waals surface area contributed by atoms with Crippen molar-refractivity contribution in [2.45, 2.75) is 78.3 Å². The minimum Gasteiger partial charge on any atom is -0.480 e. The Morgan fingerprint density at radius 1 is 1.24 bits per heavy atom. The molecule has 0 aliphatic heterocycles. The van der Waals surface area contributed by atoms with Crippen LogP contribution in [-0.2, 0) is 4.79 Å². The summed E-state index contributed by atoms with van der Waals surface area (Å²) >= 11 is 0. The van der Waals surface area contributed by atoms with E-state index < -0.39 is 11.5 Å². The molecule has 0 aliphatic carbocycles. The molecule has 0 fully saturated rings. The average Bonchev–Trinajstić information content (AvgIpc) is 2.27. The van der Waals surface area contributed by atoms with Gasteiger partial charge in [-0.3, -0.25) is 10.1 Å². The molecule has 3 heteroatoms. The molecule has 2 N–H and O–H groups in total. The molecule has 17 heavy (non-hydrogen) atoms. The maximum atomic E-state index is 11.6. The first-order valence-electron chi connectivity index (χ1n) is 6.75. The first-order chi connectivity index (χ1) is 7.73. The number of hydrogen-bond donors (Lipinski definition) is 2. The maximum absolute atomic E-state index is 11.6. The molecule has 2 unspecified atom stereocenters. The maximum Gasteiger partial charge on any atom is 0.323 e. The second-order valence-corrected chi connectivity index (χ2v) is 5.82. The topological polar surface area (TPSA) is 49.3 Å². The van der Waals surface area contributed by atoms with E-state index in [1.807, 2.05) is 6.92 Å². The van der Waals surface area contributed by atoms with Gasteiger partial charge in [0.1, 0.15) is 5.54 Å². The Bertz CT molecular complexity index is 251. The summed E-state index contributed by atoms with van der Waals surface area (Å²) in [6.07, 6.45) is 3.25. The zero-order chi connectivity index (χ0) is 13.7. The summed E-state index contributed by atoms with van der Waals surface area (Å²) in [6, 6.07) is 0. The Balaban J connectivity index is 5.02. The predicted octanol–water partition coefficient (Wildman–Crippen LogP) is 3.43. The first kappa shape index (κ1) is 16.4. The third-order valence-corrected chi connectivity index (χ3v) is 3.87. The molecule has 0 rings (SSSR count). The molecule has 0 aromatic heterocycles. The normalized spacial score (nSPS) is 17.5. The largest absolute Gasteiger partial charge is 0.480 e. The third kappa shape index (κ3) is 4.66. The van der Waals surface area contributed by atoms with Crippen molar-refractivity contribution in [1.82, 2.24) is 5.32 Å². The minimum atomic E-state index is -0.783. The second kappa shape index (κ2) is 6.39. The van der Waals surface area contributed by atoms with E-state index in [1.54, 1.807) is 0 Å². The Kier molecular flexibility index (Phi) is 6.17. The van der Waals surface area contributed by atoms with Crippen molar-refractivity contribution in [2.75, 3.05) is 0 Å². The molecule has 0 amide bonds. The smallest absolute Gasteiger partial charge is 0.323 e. The molecular weight excluding hydrogens is 214 g/mol. The highest BCUT2D eigenvalue weighted by molar-refractivity contribution is 5.78. The highest BCUT2D eigenvalue weighted by Gasteiger charge is 2.40. The number of rotatable bonds is 8. The number of carbonyl (C=O) groups is 1. The lowest BCUT2D eigenvalue weighted by molar-refractivity contribution is -0.147.